The zero-order valence-electron chi connectivity index (χ0n) is 9.75. The van der Waals surface area contributed by atoms with E-state index in [2.05, 4.69) is 27.3 Å². The number of rotatable bonds is 4. The van der Waals surface area contributed by atoms with Crippen LogP contribution in [-0.4, -0.2) is 6.04 Å². The minimum atomic E-state index is 0.688. The lowest BCUT2D eigenvalue weighted by Crippen LogP contribution is -2.15. The Morgan fingerprint density at radius 1 is 1.33 bits per heavy atom. The monoisotopic (exact) mass is 325 g/mol. The number of hydrogen-bond donors (Lipinski definition) is 1. The second-order valence-corrected chi connectivity index (χ2v) is 5.85. The van der Waals surface area contributed by atoms with Crippen LogP contribution in [0.2, 0.25) is 5.02 Å². The molecule has 1 aliphatic carbocycles. The molecule has 2 aromatic rings. The highest BCUT2D eigenvalue weighted by Gasteiger charge is 2.21. The summed E-state index contributed by atoms with van der Waals surface area (Å²) in [5.41, 5.74) is 2.26. The van der Waals surface area contributed by atoms with Crippen molar-refractivity contribution in [2.75, 3.05) is 0 Å². The van der Waals surface area contributed by atoms with E-state index < -0.39 is 0 Å². The second-order valence-electron chi connectivity index (χ2n) is 4.55. The van der Waals surface area contributed by atoms with E-state index in [1.165, 1.54) is 18.4 Å². The van der Waals surface area contributed by atoms with Crippen molar-refractivity contribution in [2.45, 2.75) is 25.4 Å². The quantitative estimate of drug-likeness (QED) is 0.887. The Bertz CT molecular complexity index is 563. The summed E-state index contributed by atoms with van der Waals surface area (Å²) in [5.74, 6) is 0.838. The largest absolute Gasteiger partial charge is 0.463 e. The minimum Gasteiger partial charge on any atom is -0.463 e. The molecule has 0 unspecified atom stereocenters. The summed E-state index contributed by atoms with van der Waals surface area (Å²) in [6, 6.07) is 8.52. The molecule has 1 heterocycles. The molecule has 2 nitrogen and oxygen atoms in total. The van der Waals surface area contributed by atoms with Crippen LogP contribution in [0.15, 0.2) is 39.4 Å². The van der Waals surface area contributed by atoms with Crippen LogP contribution in [0.25, 0.3) is 11.3 Å². The smallest absolute Gasteiger partial charge is 0.148 e. The molecule has 94 valence electrons. The number of benzene rings is 1. The van der Waals surface area contributed by atoms with Crippen molar-refractivity contribution in [3.63, 3.8) is 0 Å². The van der Waals surface area contributed by atoms with Gasteiger partial charge in [-0.1, -0.05) is 17.7 Å². The van der Waals surface area contributed by atoms with Gasteiger partial charge in [0.25, 0.3) is 0 Å². The summed E-state index contributed by atoms with van der Waals surface area (Å²) < 4.78 is 6.49. The first-order chi connectivity index (χ1) is 8.74. The Labute approximate surface area is 119 Å². The first-order valence-corrected chi connectivity index (χ1v) is 7.16. The third kappa shape index (κ3) is 2.63. The predicted octanol–water partition coefficient (Wildman–Crippen LogP) is 4.61. The van der Waals surface area contributed by atoms with Crippen molar-refractivity contribution in [3.05, 3.63) is 45.6 Å². The van der Waals surface area contributed by atoms with Crippen LogP contribution in [-0.2, 0) is 6.54 Å². The van der Waals surface area contributed by atoms with Crippen LogP contribution >= 0.6 is 27.5 Å². The molecule has 0 atom stereocenters. The second kappa shape index (κ2) is 5.08. The number of hydrogen-bond acceptors (Lipinski definition) is 2. The van der Waals surface area contributed by atoms with Gasteiger partial charge in [0.15, 0.2) is 0 Å². The fourth-order valence-corrected chi connectivity index (χ4v) is 2.53. The average molecular weight is 327 g/mol. The molecule has 4 heteroatoms. The maximum Gasteiger partial charge on any atom is 0.148 e. The topological polar surface area (TPSA) is 25.2 Å². The van der Waals surface area contributed by atoms with E-state index in [4.69, 9.17) is 16.0 Å². The molecule has 0 amide bonds. The van der Waals surface area contributed by atoms with E-state index in [0.717, 1.165) is 27.4 Å². The molecule has 1 aliphatic rings. The third-order valence-corrected chi connectivity index (χ3v) is 3.95. The SMILES string of the molecule is Clc1ccc(CNC2CC2)c(-c2occc2Br)c1. The van der Waals surface area contributed by atoms with Crippen molar-refractivity contribution in [2.24, 2.45) is 0 Å². The molecule has 1 N–H and O–H groups in total. The highest BCUT2D eigenvalue weighted by atomic mass is 79.9. The normalized spacial score (nSPS) is 15.0. The van der Waals surface area contributed by atoms with Crippen molar-refractivity contribution >= 4 is 27.5 Å². The highest BCUT2D eigenvalue weighted by molar-refractivity contribution is 9.10. The van der Waals surface area contributed by atoms with Crippen LogP contribution in [0.5, 0.6) is 0 Å². The summed E-state index contributed by atoms with van der Waals surface area (Å²) in [7, 11) is 0. The van der Waals surface area contributed by atoms with Gasteiger partial charge in [-0.15, -0.1) is 0 Å². The van der Waals surface area contributed by atoms with Gasteiger partial charge in [-0.25, -0.2) is 0 Å². The zero-order chi connectivity index (χ0) is 12.5. The van der Waals surface area contributed by atoms with E-state index in [0.29, 0.717) is 6.04 Å². The van der Waals surface area contributed by atoms with Crippen LogP contribution in [0, 0.1) is 0 Å². The van der Waals surface area contributed by atoms with Crippen LogP contribution in [0.3, 0.4) is 0 Å². The van der Waals surface area contributed by atoms with Crippen molar-refractivity contribution < 1.29 is 4.42 Å². The summed E-state index contributed by atoms with van der Waals surface area (Å²) in [6.45, 7) is 0.851. The van der Waals surface area contributed by atoms with Crippen molar-refractivity contribution in [3.8, 4) is 11.3 Å². The van der Waals surface area contributed by atoms with Gasteiger partial charge >= 0.3 is 0 Å². The Hall–Kier alpha value is -0.770. The number of halogens is 2. The Morgan fingerprint density at radius 3 is 2.83 bits per heavy atom. The fraction of sp³-hybridized carbons (Fsp3) is 0.286. The average Bonchev–Trinajstić information content (AvgIpc) is 3.09. The molecule has 1 aromatic carbocycles. The summed E-state index contributed by atoms with van der Waals surface area (Å²) in [4.78, 5) is 0. The van der Waals surface area contributed by atoms with E-state index >= 15 is 0 Å². The maximum atomic E-state index is 6.08. The predicted molar refractivity (Wildman–Crippen MR) is 76.7 cm³/mol. The standard InChI is InChI=1S/C14H13BrClNO/c15-13-5-6-18-14(13)12-7-10(16)2-1-9(12)8-17-11-3-4-11/h1-2,5-7,11,17H,3-4,8H2. The van der Waals surface area contributed by atoms with E-state index in [1.54, 1.807) is 6.26 Å². The molecular formula is C14H13BrClNO. The van der Waals surface area contributed by atoms with Crippen molar-refractivity contribution in [1.82, 2.24) is 5.32 Å². The highest BCUT2D eigenvalue weighted by Crippen LogP contribution is 2.34. The molecule has 0 saturated heterocycles. The first-order valence-electron chi connectivity index (χ1n) is 5.99. The zero-order valence-corrected chi connectivity index (χ0v) is 12.1. The van der Waals surface area contributed by atoms with Gasteiger partial charge < -0.3 is 9.73 Å². The fourth-order valence-electron chi connectivity index (χ4n) is 1.94. The Kier molecular flexibility index (Phi) is 3.46. The third-order valence-electron chi connectivity index (χ3n) is 3.09. The lowest BCUT2D eigenvalue weighted by Gasteiger charge is -2.09. The molecule has 0 radical (unpaired) electrons. The molecule has 0 aliphatic heterocycles. The van der Waals surface area contributed by atoms with Gasteiger partial charge in [0.2, 0.25) is 0 Å². The van der Waals surface area contributed by atoms with Gasteiger partial charge in [-0.2, -0.15) is 0 Å². The van der Waals surface area contributed by atoms with Gasteiger partial charge in [-0.3, -0.25) is 0 Å². The molecule has 0 spiro atoms. The summed E-state index contributed by atoms with van der Waals surface area (Å²) in [5, 5.41) is 4.24. The Balaban J connectivity index is 1.94. The number of nitrogens with one attached hydrogen (secondary N) is 1. The van der Waals surface area contributed by atoms with E-state index in [1.807, 2.05) is 18.2 Å². The molecule has 3 rings (SSSR count). The van der Waals surface area contributed by atoms with Gasteiger partial charge in [0, 0.05) is 23.2 Å². The lowest BCUT2D eigenvalue weighted by atomic mass is 10.1. The lowest BCUT2D eigenvalue weighted by molar-refractivity contribution is 0.579. The minimum absolute atomic E-state index is 0.688. The summed E-state index contributed by atoms with van der Waals surface area (Å²) >= 11 is 9.58. The molecule has 0 bridgehead atoms. The molecule has 1 aromatic heterocycles. The Morgan fingerprint density at radius 2 is 2.17 bits per heavy atom. The maximum absolute atomic E-state index is 6.08. The number of furan rings is 1. The summed E-state index contributed by atoms with van der Waals surface area (Å²) in [6.07, 6.45) is 4.25. The van der Waals surface area contributed by atoms with E-state index in [-0.39, 0.29) is 0 Å². The van der Waals surface area contributed by atoms with Crippen molar-refractivity contribution in [1.29, 1.82) is 0 Å². The van der Waals surface area contributed by atoms with Crippen LogP contribution in [0.4, 0.5) is 0 Å². The van der Waals surface area contributed by atoms with E-state index in [9.17, 15) is 0 Å². The first kappa shape index (κ1) is 12.3. The van der Waals surface area contributed by atoms with Crippen LogP contribution in [0.1, 0.15) is 18.4 Å². The molecular weight excluding hydrogens is 314 g/mol. The van der Waals surface area contributed by atoms with Gasteiger partial charge in [-0.05, 0) is 52.5 Å². The van der Waals surface area contributed by atoms with Crippen LogP contribution < -0.4 is 5.32 Å². The van der Waals surface area contributed by atoms with Gasteiger partial charge in [0.1, 0.15) is 5.76 Å². The molecule has 1 fully saturated rings. The molecule has 1 saturated carbocycles. The molecule has 18 heavy (non-hydrogen) atoms. The van der Waals surface area contributed by atoms with Gasteiger partial charge in [0.05, 0.1) is 10.7 Å².